The molecule has 0 fully saturated rings. The molecule has 0 unspecified atom stereocenters. The second-order valence-corrected chi connectivity index (χ2v) is 6.49. The van der Waals surface area contributed by atoms with Gasteiger partial charge in [-0.1, -0.05) is 30.3 Å². The SMILES string of the molecule is CCN(CC)c1ccc2cc(C(=O)N[C@@H](C)c3ccccc3)c(=N)oc2c1. The van der Waals surface area contributed by atoms with Crippen LogP contribution in [-0.2, 0) is 0 Å². The van der Waals surface area contributed by atoms with Crippen molar-refractivity contribution in [1.29, 1.82) is 5.41 Å². The summed E-state index contributed by atoms with van der Waals surface area (Å²) in [4.78, 5) is 14.9. The van der Waals surface area contributed by atoms with Crippen LogP contribution in [0.1, 0.15) is 42.7 Å². The van der Waals surface area contributed by atoms with Gasteiger partial charge in [-0.05, 0) is 44.5 Å². The lowest BCUT2D eigenvalue weighted by Gasteiger charge is -2.21. The monoisotopic (exact) mass is 363 g/mol. The van der Waals surface area contributed by atoms with Crippen molar-refractivity contribution in [3.8, 4) is 0 Å². The largest absolute Gasteiger partial charge is 0.438 e. The summed E-state index contributed by atoms with van der Waals surface area (Å²) < 4.78 is 5.66. The molecule has 2 N–H and O–H groups in total. The van der Waals surface area contributed by atoms with Gasteiger partial charge in [0.2, 0.25) is 5.55 Å². The number of hydrogen-bond donors (Lipinski definition) is 2. The molecule has 2 aromatic carbocycles. The highest BCUT2D eigenvalue weighted by Gasteiger charge is 2.15. The molecule has 1 atom stereocenters. The first-order chi connectivity index (χ1) is 13.0. The maximum Gasteiger partial charge on any atom is 0.257 e. The molecular formula is C22H25N3O2. The van der Waals surface area contributed by atoms with Crippen LogP contribution in [0.2, 0.25) is 0 Å². The zero-order chi connectivity index (χ0) is 19.4. The lowest BCUT2D eigenvalue weighted by molar-refractivity contribution is 0.0935. The number of nitrogens with zero attached hydrogens (tertiary/aromatic N) is 1. The van der Waals surface area contributed by atoms with Crippen LogP contribution in [-0.4, -0.2) is 19.0 Å². The van der Waals surface area contributed by atoms with E-state index in [2.05, 4.69) is 24.1 Å². The van der Waals surface area contributed by atoms with Gasteiger partial charge in [0, 0.05) is 30.2 Å². The number of carbonyl (C=O) groups is 1. The van der Waals surface area contributed by atoms with Crippen molar-refractivity contribution in [2.24, 2.45) is 0 Å². The van der Waals surface area contributed by atoms with Crippen molar-refractivity contribution >= 4 is 22.6 Å². The fourth-order valence-corrected chi connectivity index (χ4v) is 3.17. The van der Waals surface area contributed by atoms with E-state index in [-0.39, 0.29) is 23.1 Å². The van der Waals surface area contributed by atoms with Crippen LogP contribution in [0.4, 0.5) is 5.69 Å². The van der Waals surface area contributed by atoms with Gasteiger partial charge in [-0.2, -0.15) is 0 Å². The highest BCUT2D eigenvalue weighted by Crippen LogP contribution is 2.22. The molecule has 3 rings (SSSR count). The molecule has 0 bridgehead atoms. The van der Waals surface area contributed by atoms with E-state index in [1.54, 1.807) is 6.07 Å². The summed E-state index contributed by atoms with van der Waals surface area (Å²) >= 11 is 0. The minimum absolute atomic E-state index is 0.128. The van der Waals surface area contributed by atoms with Crippen molar-refractivity contribution in [3.05, 3.63) is 71.3 Å². The standard InChI is InChI=1S/C22H25N3O2/c1-4-25(5-2)18-12-11-17-13-19(21(23)27-20(17)14-18)22(26)24-15(3)16-9-7-6-8-10-16/h6-15,23H,4-5H2,1-3H3,(H,24,26)/t15-/m0/s1. The Morgan fingerprint density at radius 3 is 2.48 bits per heavy atom. The van der Waals surface area contributed by atoms with E-state index in [9.17, 15) is 4.79 Å². The van der Waals surface area contributed by atoms with Crippen LogP contribution in [0.3, 0.4) is 0 Å². The first-order valence-electron chi connectivity index (χ1n) is 9.26. The predicted octanol–water partition coefficient (Wildman–Crippen LogP) is 4.25. The van der Waals surface area contributed by atoms with Crippen molar-refractivity contribution in [2.45, 2.75) is 26.8 Å². The quantitative estimate of drug-likeness (QED) is 0.688. The zero-order valence-corrected chi connectivity index (χ0v) is 16.0. The minimum atomic E-state index is -0.310. The van der Waals surface area contributed by atoms with Crippen LogP contribution < -0.4 is 15.8 Å². The zero-order valence-electron chi connectivity index (χ0n) is 16.0. The third-order valence-electron chi connectivity index (χ3n) is 4.77. The lowest BCUT2D eigenvalue weighted by Crippen LogP contribution is -2.30. The van der Waals surface area contributed by atoms with Gasteiger partial charge in [-0.25, -0.2) is 0 Å². The molecule has 27 heavy (non-hydrogen) atoms. The van der Waals surface area contributed by atoms with Gasteiger partial charge in [0.25, 0.3) is 5.91 Å². The topological polar surface area (TPSA) is 69.3 Å². The summed E-state index contributed by atoms with van der Waals surface area (Å²) in [5.74, 6) is -0.310. The van der Waals surface area contributed by atoms with Crippen LogP contribution >= 0.6 is 0 Å². The van der Waals surface area contributed by atoms with E-state index in [1.165, 1.54) is 0 Å². The van der Waals surface area contributed by atoms with Crippen LogP contribution in [0, 0.1) is 5.41 Å². The first kappa shape index (κ1) is 18.7. The predicted molar refractivity (Wildman–Crippen MR) is 108 cm³/mol. The Hall–Kier alpha value is -3.08. The Labute approximate surface area is 159 Å². The number of anilines is 1. The minimum Gasteiger partial charge on any atom is -0.438 e. The van der Waals surface area contributed by atoms with E-state index in [0.717, 1.165) is 29.7 Å². The van der Waals surface area contributed by atoms with E-state index < -0.39 is 0 Å². The molecule has 1 amide bonds. The molecule has 0 aliphatic carbocycles. The highest BCUT2D eigenvalue weighted by molar-refractivity contribution is 5.97. The maximum absolute atomic E-state index is 12.7. The van der Waals surface area contributed by atoms with Gasteiger partial charge in [-0.15, -0.1) is 0 Å². The van der Waals surface area contributed by atoms with Crippen LogP contribution in [0.5, 0.6) is 0 Å². The van der Waals surface area contributed by atoms with Crippen molar-refractivity contribution < 1.29 is 9.21 Å². The fourth-order valence-electron chi connectivity index (χ4n) is 3.17. The second kappa shape index (κ2) is 8.08. The van der Waals surface area contributed by atoms with Crippen molar-refractivity contribution in [3.63, 3.8) is 0 Å². The second-order valence-electron chi connectivity index (χ2n) is 6.49. The number of rotatable bonds is 6. The van der Waals surface area contributed by atoms with Gasteiger partial charge in [-0.3, -0.25) is 10.2 Å². The molecule has 0 saturated heterocycles. The molecule has 5 heteroatoms. The Morgan fingerprint density at radius 1 is 1.11 bits per heavy atom. The summed E-state index contributed by atoms with van der Waals surface area (Å²) in [5, 5.41) is 11.9. The molecule has 3 aromatic rings. The number of amides is 1. The Morgan fingerprint density at radius 2 is 1.81 bits per heavy atom. The fraction of sp³-hybridized carbons (Fsp3) is 0.273. The number of hydrogen-bond acceptors (Lipinski definition) is 4. The third-order valence-corrected chi connectivity index (χ3v) is 4.77. The average Bonchev–Trinajstić information content (AvgIpc) is 2.68. The number of nitrogens with one attached hydrogen (secondary N) is 2. The summed E-state index contributed by atoms with van der Waals surface area (Å²) in [6.45, 7) is 7.91. The number of fused-ring (bicyclic) bond motifs is 1. The molecule has 0 saturated carbocycles. The van der Waals surface area contributed by atoms with Crippen molar-refractivity contribution in [1.82, 2.24) is 5.32 Å². The Balaban J connectivity index is 1.88. The summed E-state index contributed by atoms with van der Waals surface area (Å²) in [7, 11) is 0. The van der Waals surface area contributed by atoms with Crippen molar-refractivity contribution in [2.75, 3.05) is 18.0 Å². The number of carbonyl (C=O) groups excluding carboxylic acids is 1. The van der Waals surface area contributed by atoms with E-state index >= 15 is 0 Å². The molecule has 1 heterocycles. The Kier molecular flexibility index (Phi) is 5.60. The Bertz CT molecular complexity index is 991. The molecular weight excluding hydrogens is 338 g/mol. The van der Waals surface area contributed by atoms with Gasteiger partial charge >= 0.3 is 0 Å². The van der Waals surface area contributed by atoms with Crippen LogP contribution in [0.25, 0.3) is 11.0 Å². The maximum atomic E-state index is 12.7. The van der Waals surface area contributed by atoms with Crippen LogP contribution in [0.15, 0.2) is 59.0 Å². The number of benzene rings is 2. The van der Waals surface area contributed by atoms with E-state index in [0.29, 0.717) is 5.58 Å². The molecule has 0 radical (unpaired) electrons. The average molecular weight is 363 g/mol. The van der Waals surface area contributed by atoms with Gasteiger partial charge in [0.15, 0.2) is 0 Å². The summed E-state index contributed by atoms with van der Waals surface area (Å²) in [5.41, 5.74) is 2.78. The molecule has 0 aliphatic rings. The summed E-state index contributed by atoms with van der Waals surface area (Å²) in [6, 6.07) is 17.2. The smallest absolute Gasteiger partial charge is 0.257 e. The first-order valence-corrected chi connectivity index (χ1v) is 9.26. The van der Waals surface area contributed by atoms with Gasteiger partial charge in [0.1, 0.15) is 11.1 Å². The molecule has 1 aromatic heterocycles. The normalized spacial score (nSPS) is 12.0. The van der Waals surface area contributed by atoms with Gasteiger partial charge < -0.3 is 14.6 Å². The third kappa shape index (κ3) is 4.03. The van der Waals surface area contributed by atoms with E-state index in [4.69, 9.17) is 9.83 Å². The van der Waals surface area contributed by atoms with Gasteiger partial charge in [0.05, 0.1) is 6.04 Å². The molecule has 140 valence electrons. The molecule has 0 aliphatic heterocycles. The highest BCUT2D eigenvalue weighted by atomic mass is 16.3. The lowest BCUT2D eigenvalue weighted by atomic mass is 10.1. The molecule has 5 nitrogen and oxygen atoms in total. The molecule has 0 spiro atoms. The summed E-state index contributed by atoms with van der Waals surface area (Å²) in [6.07, 6.45) is 0. The van der Waals surface area contributed by atoms with E-state index in [1.807, 2.05) is 55.5 Å².